The number of carbonyl (C=O) groups excluding carboxylic acids is 1. The molecule has 0 saturated carbocycles. The van der Waals surface area contributed by atoms with Crippen molar-refractivity contribution in [1.29, 1.82) is 0 Å². The number of hydrazone groups is 1. The average Bonchev–Trinajstić information content (AvgIpc) is 3.23. The number of amides is 1. The quantitative estimate of drug-likeness (QED) is 0.182. The van der Waals surface area contributed by atoms with Gasteiger partial charge in [0.25, 0.3) is 11.5 Å². The van der Waals surface area contributed by atoms with Crippen LogP contribution in [0.2, 0.25) is 0 Å². The van der Waals surface area contributed by atoms with Crippen molar-refractivity contribution in [2.24, 2.45) is 5.10 Å². The summed E-state index contributed by atoms with van der Waals surface area (Å²) >= 11 is 2.81. The fourth-order valence-electron chi connectivity index (χ4n) is 3.99. The molecule has 172 valence electrons. The molecule has 0 atom stereocenters. The normalized spacial score (nSPS) is 13.3. The summed E-state index contributed by atoms with van der Waals surface area (Å²) in [6.45, 7) is 0. The van der Waals surface area contributed by atoms with Crippen molar-refractivity contribution in [2.75, 3.05) is 5.75 Å². The second kappa shape index (κ2) is 9.82. The number of hydrogen-bond acceptors (Lipinski definition) is 7. The van der Waals surface area contributed by atoms with Crippen LogP contribution in [0.1, 0.15) is 28.8 Å². The van der Waals surface area contributed by atoms with Crippen LogP contribution in [0.3, 0.4) is 0 Å². The summed E-state index contributed by atoms with van der Waals surface area (Å²) in [6.07, 6.45) is 5.63. The van der Waals surface area contributed by atoms with E-state index in [0.29, 0.717) is 5.16 Å². The zero-order valence-corrected chi connectivity index (χ0v) is 19.9. The topological polar surface area (TPSA) is 96.6 Å². The number of thiophene rings is 1. The molecular formula is C25H22N4O3S2. The molecule has 0 bridgehead atoms. The molecule has 2 heterocycles. The van der Waals surface area contributed by atoms with Gasteiger partial charge in [0.2, 0.25) is 0 Å². The molecule has 0 unspecified atom stereocenters. The second-order valence-corrected chi connectivity index (χ2v) is 9.96. The van der Waals surface area contributed by atoms with E-state index in [2.05, 4.69) is 10.5 Å². The number of para-hydroxylation sites is 1. The molecule has 2 N–H and O–H groups in total. The van der Waals surface area contributed by atoms with Gasteiger partial charge in [-0.15, -0.1) is 11.3 Å². The fourth-order valence-corrected chi connectivity index (χ4v) is 6.10. The summed E-state index contributed by atoms with van der Waals surface area (Å²) in [6, 6.07) is 15.9. The van der Waals surface area contributed by atoms with Crippen LogP contribution in [0.15, 0.2) is 69.6 Å². The first-order chi connectivity index (χ1) is 16.6. The van der Waals surface area contributed by atoms with Crippen LogP contribution >= 0.6 is 23.1 Å². The lowest BCUT2D eigenvalue weighted by Crippen LogP contribution is -2.24. The number of rotatable bonds is 6. The van der Waals surface area contributed by atoms with Gasteiger partial charge in [0.1, 0.15) is 10.6 Å². The maximum Gasteiger partial charge on any atom is 0.267 e. The number of carbonyl (C=O) groups is 1. The highest BCUT2D eigenvalue weighted by atomic mass is 32.2. The Balaban J connectivity index is 1.41. The lowest BCUT2D eigenvalue weighted by molar-refractivity contribution is -0.118. The fraction of sp³-hybridized carbons (Fsp3) is 0.200. The Labute approximate surface area is 204 Å². The van der Waals surface area contributed by atoms with E-state index in [-0.39, 0.29) is 23.0 Å². The second-order valence-electron chi connectivity index (χ2n) is 7.93. The number of aromatic hydroxyl groups is 1. The van der Waals surface area contributed by atoms with Crippen molar-refractivity contribution >= 4 is 45.4 Å². The predicted octanol–water partition coefficient (Wildman–Crippen LogP) is 4.27. The van der Waals surface area contributed by atoms with Crippen molar-refractivity contribution in [3.05, 3.63) is 81.0 Å². The number of phenols is 1. The third-order valence-corrected chi connectivity index (χ3v) is 7.73. The number of phenolic OH excluding ortho intramolecular Hbond substituents is 1. The minimum atomic E-state index is -0.306. The van der Waals surface area contributed by atoms with Crippen LogP contribution in [0, 0.1) is 0 Å². The predicted molar refractivity (Wildman–Crippen MR) is 136 cm³/mol. The van der Waals surface area contributed by atoms with Gasteiger partial charge in [-0.3, -0.25) is 14.2 Å². The maximum absolute atomic E-state index is 13.7. The van der Waals surface area contributed by atoms with Gasteiger partial charge in [0.05, 0.1) is 23.0 Å². The average molecular weight is 491 g/mol. The van der Waals surface area contributed by atoms with Gasteiger partial charge in [-0.05, 0) is 73.2 Å². The van der Waals surface area contributed by atoms with E-state index in [1.807, 2.05) is 30.3 Å². The number of aromatic nitrogens is 2. The zero-order chi connectivity index (χ0) is 23.5. The van der Waals surface area contributed by atoms with Crippen LogP contribution < -0.4 is 11.0 Å². The highest BCUT2D eigenvalue weighted by molar-refractivity contribution is 7.99. The van der Waals surface area contributed by atoms with Crippen LogP contribution in [-0.4, -0.2) is 32.5 Å². The monoisotopic (exact) mass is 490 g/mol. The molecule has 0 saturated heterocycles. The Hall–Kier alpha value is -3.43. The number of nitrogens with one attached hydrogen (secondary N) is 1. The van der Waals surface area contributed by atoms with E-state index in [4.69, 9.17) is 4.98 Å². The summed E-state index contributed by atoms with van der Waals surface area (Å²) in [5.41, 5.74) is 5.04. The number of thioether (sulfide) groups is 1. The summed E-state index contributed by atoms with van der Waals surface area (Å²) in [4.78, 5) is 32.9. The largest absolute Gasteiger partial charge is 0.508 e. The molecule has 1 aliphatic carbocycles. The minimum absolute atomic E-state index is 0.0583. The van der Waals surface area contributed by atoms with E-state index >= 15 is 0 Å². The molecule has 2 aromatic carbocycles. The first-order valence-corrected chi connectivity index (χ1v) is 12.8. The molecule has 1 aliphatic rings. The molecule has 0 spiro atoms. The van der Waals surface area contributed by atoms with Gasteiger partial charge < -0.3 is 5.11 Å². The number of nitrogens with zero attached hydrogens (tertiary/aromatic N) is 3. The Morgan fingerprint density at radius 3 is 2.71 bits per heavy atom. The number of benzene rings is 2. The third-order valence-electron chi connectivity index (χ3n) is 5.60. The maximum atomic E-state index is 13.7. The molecule has 5 rings (SSSR count). The Morgan fingerprint density at radius 2 is 1.91 bits per heavy atom. The molecule has 0 radical (unpaired) electrons. The van der Waals surface area contributed by atoms with E-state index in [9.17, 15) is 14.7 Å². The zero-order valence-electron chi connectivity index (χ0n) is 18.2. The lowest BCUT2D eigenvalue weighted by Gasteiger charge is -2.13. The number of fused-ring (bicyclic) bond motifs is 3. The molecule has 0 aliphatic heterocycles. The number of hydrogen-bond donors (Lipinski definition) is 2. The minimum Gasteiger partial charge on any atom is -0.508 e. The molecule has 2 aromatic heterocycles. The van der Waals surface area contributed by atoms with Crippen molar-refractivity contribution in [2.45, 2.75) is 30.8 Å². The Bertz CT molecular complexity index is 1430. The Morgan fingerprint density at radius 1 is 1.15 bits per heavy atom. The van der Waals surface area contributed by atoms with Gasteiger partial charge >= 0.3 is 0 Å². The summed E-state index contributed by atoms with van der Waals surface area (Å²) in [5.74, 6) is -0.0828. The van der Waals surface area contributed by atoms with Crippen molar-refractivity contribution in [3.8, 4) is 11.4 Å². The van der Waals surface area contributed by atoms with Crippen LogP contribution in [-0.2, 0) is 17.6 Å². The summed E-state index contributed by atoms with van der Waals surface area (Å²) in [7, 11) is 0. The van der Waals surface area contributed by atoms with Crippen molar-refractivity contribution in [3.63, 3.8) is 0 Å². The van der Waals surface area contributed by atoms with Gasteiger partial charge in [0, 0.05) is 4.88 Å². The first-order valence-electron chi connectivity index (χ1n) is 11.0. The highest BCUT2D eigenvalue weighted by Crippen LogP contribution is 2.35. The number of aryl methyl sites for hydroxylation is 2. The summed E-state index contributed by atoms with van der Waals surface area (Å²) in [5, 5.41) is 14.5. The van der Waals surface area contributed by atoms with Crippen LogP contribution in [0.4, 0.5) is 0 Å². The molecular weight excluding hydrogens is 468 g/mol. The van der Waals surface area contributed by atoms with Crippen LogP contribution in [0.5, 0.6) is 5.75 Å². The van der Waals surface area contributed by atoms with E-state index < -0.39 is 0 Å². The molecule has 7 nitrogen and oxygen atoms in total. The summed E-state index contributed by atoms with van der Waals surface area (Å²) < 4.78 is 1.61. The Kier molecular flexibility index (Phi) is 6.46. The lowest BCUT2D eigenvalue weighted by atomic mass is 9.97. The molecule has 1 amide bonds. The first kappa shape index (κ1) is 22.4. The SMILES string of the molecule is O=C(CSc1nc2sc3c(c2c(=O)n1-c1ccccc1)CCCC3)N/N=C\c1ccc(O)cc1. The van der Waals surface area contributed by atoms with Gasteiger partial charge in [-0.2, -0.15) is 5.10 Å². The van der Waals surface area contributed by atoms with E-state index in [0.717, 1.165) is 52.7 Å². The van der Waals surface area contributed by atoms with Crippen molar-refractivity contribution in [1.82, 2.24) is 15.0 Å². The molecule has 4 aromatic rings. The molecule has 0 fully saturated rings. The van der Waals surface area contributed by atoms with Crippen molar-refractivity contribution < 1.29 is 9.90 Å². The van der Waals surface area contributed by atoms with E-state index in [1.54, 1.807) is 40.2 Å². The standard InChI is InChI=1S/C25H22N4O3S2/c30-18-12-10-16(11-13-18)14-26-28-21(31)15-33-25-27-23-22(19-8-4-5-9-20(19)34-23)24(32)29(25)17-6-2-1-3-7-17/h1-3,6-7,10-14,30H,4-5,8-9,15H2,(H,28,31)/b26-14-. The smallest absolute Gasteiger partial charge is 0.267 e. The highest BCUT2D eigenvalue weighted by Gasteiger charge is 2.23. The van der Waals surface area contributed by atoms with Gasteiger partial charge in [0.15, 0.2) is 5.16 Å². The third kappa shape index (κ3) is 4.62. The molecule has 34 heavy (non-hydrogen) atoms. The van der Waals surface area contributed by atoms with Gasteiger partial charge in [-0.25, -0.2) is 10.4 Å². The molecule has 9 heteroatoms. The van der Waals surface area contributed by atoms with Gasteiger partial charge in [-0.1, -0.05) is 30.0 Å². The van der Waals surface area contributed by atoms with Crippen LogP contribution in [0.25, 0.3) is 15.9 Å². The van der Waals surface area contributed by atoms with E-state index in [1.165, 1.54) is 22.9 Å².